The molecule has 3 aromatic rings. The van der Waals surface area contributed by atoms with Crippen LogP contribution in [0.4, 0.5) is 5.69 Å². The van der Waals surface area contributed by atoms with Gasteiger partial charge in [0.15, 0.2) is 0 Å². The van der Waals surface area contributed by atoms with Gasteiger partial charge in [-0.25, -0.2) is 0 Å². The molecular formula is C33H42ClN3S. The fourth-order valence-corrected chi connectivity index (χ4v) is 7.08. The number of halogens is 1. The van der Waals surface area contributed by atoms with Gasteiger partial charge >= 0.3 is 0 Å². The molecule has 5 rings (SSSR count). The minimum absolute atomic E-state index is 0.413. The van der Waals surface area contributed by atoms with Crippen molar-refractivity contribution < 1.29 is 0 Å². The molecule has 5 heteroatoms. The van der Waals surface area contributed by atoms with Crippen molar-refractivity contribution in [2.75, 3.05) is 17.2 Å². The molecule has 38 heavy (non-hydrogen) atoms. The van der Waals surface area contributed by atoms with E-state index < -0.39 is 0 Å². The number of rotatable bonds is 11. The summed E-state index contributed by atoms with van der Waals surface area (Å²) in [7, 11) is 0. The molecule has 1 atom stereocenters. The molecule has 3 nitrogen and oxygen atoms in total. The van der Waals surface area contributed by atoms with Crippen molar-refractivity contribution in [3.8, 4) is 0 Å². The predicted molar refractivity (Wildman–Crippen MR) is 166 cm³/mol. The van der Waals surface area contributed by atoms with E-state index in [0.29, 0.717) is 6.04 Å². The number of hydrogen-bond acceptors (Lipinski definition) is 3. The van der Waals surface area contributed by atoms with E-state index in [1.807, 2.05) is 18.0 Å². The lowest BCUT2D eigenvalue weighted by Crippen LogP contribution is -2.46. The Kier molecular flexibility index (Phi) is 8.50. The van der Waals surface area contributed by atoms with E-state index in [1.165, 1.54) is 65.1 Å². The maximum Gasteiger partial charge on any atom is 0.102 e. The van der Waals surface area contributed by atoms with Gasteiger partial charge in [-0.15, -0.1) is 11.8 Å². The van der Waals surface area contributed by atoms with Crippen molar-refractivity contribution in [2.24, 2.45) is 5.92 Å². The van der Waals surface area contributed by atoms with Crippen molar-refractivity contribution in [1.82, 2.24) is 9.47 Å². The summed E-state index contributed by atoms with van der Waals surface area (Å²) in [5.41, 5.74) is 6.15. The van der Waals surface area contributed by atoms with Crippen LogP contribution < -0.4 is 4.90 Å². The van der Waals surface area contributed by atoms with Crippen LogP contribution in [0.25, 0.3) is 10.9 Å². The van der Waals surface area contributed by atoms with E-state index in [-0.39, 0.29) is 0 Å². The third-order valence-electron chi connectivity index (χ3n) is 8.12. The Morgan fingerprint density at radius 3 is 2.71 bits per heavy atom. The summed E-state index contributed by atoms with van der Waals surface area (Å²) in [6.45, 7) is 17.9. The van der Waals surface area contributed by atoms with Gasteiger partial charge in [-0.1, -0.05) is 74.2 Å². The molecule has 1 saturated heterocycles. The van der Waals surface area contributed by atoms with Crippen LogP contribution in [0.5, 0.6) is 0 Å². The third-order valence-corrected chi connectivity index (χ3v) is 9.65. The summed E-state index contributed by atoms with van der Waals surface area (Å²) in [4.78, 5) is 6.27. The second kappa shape index (κ2) is 11.8. The van der Waals surface area contributed by atoms with Crippen LogP contribution in [0.1, 0.15) is 63.5 Å². The predicted octanol–water partition coefficient (Wildman–Crippen LogP) is 9.42. The van der Waals surface area contributed by atoms with Crippen LogP contribution in [0.3, 0.4) is 0 Å². The zero-order chi connectivity index (χ0) is 26.8. The first-order chi connectivity index (χ1) is 18.3. The molecule has 0 bridgehead atoms. The Hall–Kier alpha value is -2.30. The molecule has 2 fully saturated rings. The van der Waals surface area contributed by atoms with Crippen molar-refractivity contribution >= 4 is 40.0 Å². The fourth-order valence-electron chi connectivity index (χ4n) is 5.68. The van der Waals surface area contributed by atoms with Gasteiger partial charge in [0.05, 0.1) is 10.5 Å². The van der Waals surface area contributed by atoms with Gasteiger partial charge in [0.25, 0.3) is 0 Å². The quantitative estimate of drug-likeness (QED) is 0.135. The lowest BCUT2D eigenvalue weighted by Gasteiger charge is -2.44. The highest BCUT2D eigenvalue weighted by atomic mass is 35.5. The molecular weight excluding hydrogens is 506 g/mol. The van der Waals surface area contributed by atoms with Crippen molar-refractivity contribution in [1.29, 1.82) is 0 Å². The van der Waals surface area contributed by atoms with Crippen LogP contribution in [0.15, 0.2) is 72.0 Å². The molecule has 1 unspecified atom stereocenters. The number of unbranched alkanes of at least 4 members (excludes halogenated alkanes) is 1. The first-order valence-electron chi connectivity index (χ1n) is 14.2. The average molecular weight is 548 g/mol. The second-order valence-electron chi connectivity index (χ2n) is 11.4. The number of anilines is 1. The van der Waals surface area contributed by atoms with E-state index in [0.717, 1.165) is 53.8 Å². The van der Waals surface area contributed by atoms with Crippen LogP contribution in [0.2, 0.25) is 5.02 Å². The highest BCUT2D eigenvalue weighted by Gasteiger charge is 2.28. The number of allylic oxidation sites excluding steroid dienone is 1. The van der Waals surface area contributed by atoms with E-state index >= 15 is 0 Å². The number of aromatic nitrogens is 1. The van der Waals surface area contributed by atoms with E-state index in [9.17, 15) is 0 Å². The minimum Gasteiger partial charge on any atom is -0.351 e. The number of nitrogens with zero attached hydrogens (tertiary/aromatic N) is 3. The van der Waals surface area contributed by atoms with E-state index in [4.69, 9.17) is 11.6 Å². The molecule has 0 spiro atoms. The molecule has 202 valence electrons. The number of hydrogen-bond donors (Lipinski definition) is 0. The standard InChI is InChI=1S/C33H42ClN3S/c1-23(2)20-35-22-30(34)33-28(10-8-11-31(33)35)21-37-25(4)16-17-36(26(37)5)29-15-12-24(3)32(19-29)38-18-7-6-9-27-13-14-27/h8,10-12,15,19,22,25,27H,1,5-7,9,13-14,16-18,20-21H2,2-4H3. The Morgan fingerprint density at radius 2 is 1.95 bits per heavy atom. The molecule has 2 aromatic carbocycles. The Labute approximate surface area is 238 Å². The summed E-state index contributed by atoms with van der Waals surface area (Å²) < 4.78 is 2.21. The van der Waals surface area contributed by atoms with Gasteiger partial charge in [0.2, 0.25) is 0 Å². The van der Waals surface area contributed by atoms with Crippen LogP contribution in [0, 0.1) is 12.8 Å². The highest BCUT2D eigenvalue weighted by Crippen LogP contribution is 2.37. The second-order valence-corrected chi connectivity index (χ2v) is 13.0. The lowest BCUT2D eigenvalue weighted by molar-refractivity contribution is 0.218. The number of thioether (sulfide) groups is 1. The van der Waals surface area contributed by atoms with E-state index in [2.05, 4.69) is 84.7 Å². The maximum atomic E-state index is 6.79. The molecule has 0 N–H and O–H groups in total. The molecule has 1 aliphatic carbocycles. The molecule has 1 aromatic heterocycles. The zero-order valence-corrected chi connectivity index (χ0v) is 24.9. The van der Waals surface area contributed by atoms with Crippen molar-refractivity contribution in [2.45, 2.75) is 83.3 Å². The Balaban J connectivity index is 1.32. The van der Waals surface area contributed by atoms with Crippen LogP contribution in [-0.2, 0) is 13.1 Å². The topological polar surface area (TPSA) is 11.4 Å². The summed E-state index contributed by atoms with van der Waals surface area (Å²) in [6.07, 6.45) is 10.2. The first kappa shape index (κ1) is 27.3. The van der Waals surface area contributed by atoms with Crippen LogP contribution >= 0.6 is 23.4 Å². The SMILES string of the molecule is C=C(C)Cn1cc(Cl)c2c(CN3C(=C)N(c4ccc(C)c(SCCCCC5CC5)c4)CCC3C)cccc21. The highest BCUT2D eigenvalue weighted by molar-refractivity contribution is 7.99. The number of benzene rings is 2. The molecule has 0 amide bonds. The summed E-state index contributed by atoms with van der Waals surface area (Å²) in [5, 5.41) is 1.95. The molecule has 1 saturated carbocycles. The first-order valence-corrected chi connectivity index (χ1v) is 15.6. The minimum atomic E-state index is 0.413. The van der Waals surface area contributed by atoms with Crippen molar-refractivity contribution in [3.05, 3.63) is 83.3 Å². The smallest absolute Gasteiger partial charge is 0.102 e. The maximum absolute atomic E-state index is 6.79. The molecule has 0 radical (unpaired) electrons. The Morgan fingerprint density at radius 1 is 1.13 bits per heavy atom. The zero-order valence-electron chi connectivity index (χ0n) is 23.3. The third kappa shape index (κ3) is 6.13. The summed E-state index contributed by atoms with van der Waals surface area (Å²) >= 11 is 8.81. The largest absolute Gasteiger partial charge is 0.351 e. The van der Waals surface area contributed by atoms with Gasteiger partial charge in [-0.3, -0.25) is 0 Å². The van der Waals surface area contributed by atoms with Gasteiger partial charge in [-0.2, -0.15) is 0 Å². The molecule has 2 heterocycles. The van der Waals surface area contributed by atoms with E-state index in [1.54, 1.807) is 0 Å². The van der Waals surface area contributed by atoms with Gasteiger partial charge in [-0.05, 0) is 74.6 Å². The Bertz CT molecular complexity index is 1320. The van der Waals surface area contributed by atoms with Crippen LogP contribution in [-0.4, -0.2) is 27.8 Å². The molecule has 2 aliphatic rings. The monoisotopic (exact) mass is 547 g/mol. The van der Waals surface area contributed by atoms with Gasteiger partial charge < -0.3 is 14.4 Å². The van der Waals surface area contributed by atoms with Gasteiger partial charge in [0.1, 0.15) is 5.82 Å². The number of fused-ring (bicyclic) bond motifs is 1. The average Bonchev–Trinajstić information content (AvgIpc) is 3.65. The number of aryl methyl sites for hydroxylation is 1. The van der Waals surface area contributed by atoms with Gasteiger partial charge in [0, 0.05) is 47.8 Å². The summed E-state index contributed by atoms with van der Waals surface area (Å²) in [6, 6.07) is 13.9. The van der Waals surface area contributed by atoms with Crippen molar-refractivity contribution in [3.63, 3.8) is 0 Å². The fraction of sp³-hybridized carbons (Fsp3) is 0.455. The molecule has 1 aliphatic heterocycles. The lowest BCUT2D eigenvalue weighted by atomic mass is 10.0. The normalized spacial score (nSPS) is 18.0. The summed E-state index contributed by atoms with van der Waals surface area (Å²) in [5.74, 6) is 3.32.